The molecule has 0 radical (unpaired) electrons. The predicted octanol–water partition coefficient (Wildman–Crippen LogP) is 2.31. The van der Waals surface area contributed by atoms with Gasteiger partial charge in [0, 0.05) is 29.6 Å². The second-order valence-electron chi connectivity index (χ2n) is 4.67. The summed E-state index contributed by atoms with van der Waals surface area (Å²) >= 11 is 6.02. The fraction of sp³-hybridized carbons (Fsp3) is 0.214. The van der Waals surface area contributed by atoms with Crippen molar-refractivity contribution < 1.29 is 9.53 Å². The Morgan fingerprint density at radius 2 is 2.32 bits per heavy atom. The maximum atomic E-state index is 12.5. The van der Waals surface area contributed by atoms with E-state index in [1.165, 1.54) is 6.33 Å². The Morgan fingerprint density at radius 3 is 3.05 bits per heavy atom. The van der Waals surface area contributed by atoms with Gasteiger partial charge in [-0.1, -0.05) is 11.6 Å². The van der Waals surface area contributed by atoms with Gasteiger partial charge in [0.15, 0.2) is 0 Å². The zero-order valence-electron chi connectivity index (χ0n) is 11.8. The molecule has 0 atom stereocenters. The predicted molar refractivity (Wildman–Crippen MR) is 83.2 cm³/mol. The highest BCUT2D eigenvalue weighted by molar-refractivity contribution is 6.31. The average Bonchev–Trinajstić information content (AvgIpc) is 3.12. The highest BCUT2D eigenvalue weighted by Gasteiger charge is 2.16. The van der Waals surface area contributed by atoms with Gasteiger partial charge < -0.3 is 9.30 Å². The molecule has 1 amide bonds. The summed E-state index contributed by atoms with van der Waals surface area (Å²) in [6.45, 7) is 1.05. The van der Waals surface area contributed by atoms with E-state index in [2.05, 4.69) is 20.5 Å². The van der Waals surface area contributed by atoms with Crippen LogP contribution in [0.3, 0.4) is 0 Å². The normalized spacial score (nSPS) is 11.0. The van der Waals surface area contributed by atoms with Crippen molar-refractivity contribution in [2.75, 3.05) is 19.0 Å². The summed E-state index contributed by atoms with van der Waals surface area (Å²) in [4.78, 5) is 16.3. The van der Waals surface area contributed by atoms with Crippen LogP contribution in [0.2, 0.25) is 5.02 Å². The number of amides is 1. The van der Waals surface area contributed by atoms with E-state index in [0.717, 1.165) is 10.9 Å². The summed E-state index contributed by atoms with van der Waals surface area (Å²) < 4.78 is 7.01. The number of carbonyl (C=O) groups excluding carboxylic acids is 1. The summed E-state index contributed by atoms with van der Waals surface area (Å²) in [5.74, 6) is 0.0201. The summed E-state index contributed by atoms with van der Waals surface area (Å²) in [5.41, 5.74) is 1.43. The number of fused-ring (bicyclic) bond motifs is 1. The molecule has 0 saturated carbocycles. The number of nitrogens with one attached hydrogen (secondary N) is 2. The van der Waals surface area contributed by atoms with Crippen molar-refractivity contribution in [2.45, 2.75) is 6.54 Å². The molecule has 8 heteroatoms. The molecule has 3 rings (SSSR count). The first-order valence-electron chi connectivity index (χ1n) is 6.63. The van der Waals surface area contributed by atoms with Gasteiger partial charge in [-0.25, -0.2) is 5.10 Å². The Kier molecular flexibility index (Phi) is 4.08. The third kappa shape index (κ3) is 2.81. The molecule has 2 aromatic heterocycles. The number of rotatable bonds is 5. The minimum Gasteiger partial charge on any atom is -0.383 e. The molecule has 114 valence electrons. The van der Waals surface area contributed by atoms with E-state index in [4.69, 9.17) is 16.3 Å². The van der Waals surface area contributed by atoms with E-state index in [1.807, 2.05) is 16.7 Å². The first-order chi connectivity index (χ1) is 10.7. The SMILES string of the molecule is COCCn1c(C(=O)Nc2ncn[nH]2)cc2cc(Cl)ccc21. The number of aromatic nitrogens is 4. The molecule has 0 aliphatic rings. The van der Waals surface area contributed by atoms with E-state index >= 15 is 0 Å². The molecular weight excluding hydrogens is 306 g/mol. The average molecular weight is 320 g/mol. The van der Waals surface area contributed by atoms with Crippen LogP contribution in [0.5, 0.6) is 0 Å². The third-order valence-corrected chi connectivity index (χ3v) is 3.50. The number of nitrogens with zero attached hydrogens (tertiary/aromatic N) is 3. The van der Waals surface area contributed by atoms with Crippen LogP contribution in [0, 0.1) is 0 Å². The van der Waals surface area contributed by atoms with Crippen molar-refractivity contribution in [3.05, 3.63) is 41.3 Å². The van der Waals surface area contributed by atoms with Crippen molar-refractivity contribution >= 4 is 34.4 Å². The minimum atomic E-state index is -0.278. The summed E-state index contributed by atoms with van der Waals surface area (Å²) in [6.07, 6.45) is 1.33. The van der Waals surface area contributed by atoms with Crippen LogP contribution in [0.1, 0.15) is 10.5 Å². The lowest BCUT2D eigenvalue weighted by molar-refractivity contribution is 0.101. The van der Waals surface area contributed by atoms with Crippen molar-refractivity contribution in [1.29, 1.82) is 0 Å². The highest BCUT2D eigenvalue weighted by Crippen LogP contribution is 2.24. The van der Waals surface area contributed by atoms with Gasteiger partial charge in [0.05, 0.1) is 6.61 Å². The summed E-state index contributed by atoms with van der Waals surface area (Å²) in [5, 5.41) is 10.5. The minimum absolute atomic E-state index is 0.278. The molecular formula is C14H14ClN5O2. The van der Waals surface area contributed by atoms with Crippen LogP contribution in [0.25, 0.3) is 10.9 Å². The fourth-order valence-electron chi connectivity index (χ4n) is 2.29. The van der Waals surface area contributed by atoms with Gasteiger partial charge in [-0.05, 0) is 24.3 Å². The first-order valence-corrected chi connectivity index (χ1v) is 7.01. The number of hydrogen-bond acceptors (Lipinski definition) is 4. The Morgan fingerprint density at radius 1 is 1.45 bits per heavy atom. The molecule has 0 saturated heterocycles. The number of H-pyrrole nitrogens is 1. The molecule has 0 spiro atoms. The van der Waals surface area contributed by atoms with Crippen molar-refractivity contribution in [2.24, 2.45) is 0 Å². The van der Waals surface area contributed by atoms with Gasteiger partial charge in [-0.2, -0.15) is 10.1 Å². The van der Waals surface area contributed by atoms with E-state index in [-0.39, 0.29) is 5.91 Å². The van der Waals surface area contributed by atoms with E-state index in [1.54, 1.807) is 19.2 Å². The molecule has 0 fully saturated rings. The molecule has 2 heterocycles. The second kappa shape index (κ2) is 6.17. The van der Waals surface area contributed by atoms with Gasteiger partial charge in [0.2, 0.25) is 5.95 Å². The molecule has 3 aromatic rings. The summed E-state index contributed by atoms with van der Waals surface area (Å²) in [7, 11) is 1.62. The monoisotopic (exact) mass is 319 g/mol. The number of halogens is 1. The fourth-order valence-corrected chi connectivity index (χ4v) is 2.47. The second-order valence-corrected chi connectivity index (χ2v) is 5.10. The van der Waals surface area contributed by atoms with Crippen LogP contribution >= 0.6 is 11.6 Å². The number of methoxy groups -OCH3 is 1. The highest BCUT2D eigenvalue weighted by atomic mass is 35.5. The number of carbonyl (C=O) groups is 1. The topological polar surface area (TPSA) is 84.8 Å². The van der Waals surface area contributed by atoms with E-state index in [0.29, 0.717) is 29.8 Å². The number of hydrogen-bond donors (Lipinski definition) is 2. The Bertz CT molecular complexity index is 797. The van der Waals surface area contributed by atoms with Crippen LogP contribution in [-0.2, 0) is 11.3 Å². The Balaban J connectivity index is 2.00. The lowest BCUT2D eigenvalue weighted by Crippen LogP contribution is -2.19. The molecule has 0 bridgehead atoms. The number of benzene rings is 1. The zero-order valence-corrected chi connectivity index (χ0v) is 12.6. The van der Waals surface area contributed by atoms with Crippen molar-refractivity contribution in [1.82, 2.24) is 19.7 Å². The van der Waals surface area contributed by atoms with Crippen LogP contribution in [0.15, 0.2) is 30.6 Å². The lowest BCUT2D eigenvalue weighted by atomic mass is 10.2. The van der Waals surface area contributed by atoms with Gasteiger partial charge in [0.1, 0.15) is 12.0 Å². The number of anilines is 1. The molecule has 7 nitrogen and oxygen atoms in total. The van der Waals surface area contributed by atoms with Gasteiger partial charge in [0.25, 0.3) is 5.91 Å². The Labute approximate surface area is 131 Å². The largest absolute Gasteiger partial charge is 0.383 e. The number of ether oxygens (including phenoxy) is 1. The number of aromatic amines is 1. The maximum absolute atomic E-state index is 12.5. The third-order valence-electron chi connectivity index (χ3n) is 3.26. The molecule has 22 heavy (non-hydrogen) atoms. The quantitative estimate of drug-likeness (QED) is 0.755. The van der Waals surface area contributed by atoms with Gasteiger partial charge >= 0.3 is 0 Å². The van der Waals surface area contributed by atoms with E-state index in [9.17, 15) is 4.79 Å². The first kappa shape index (κ1) is 14.6. The van der Waals surface area contributed by atoms with Crippen molar-refractivity contribution in [3.8, 4) is 0 Å². The smallest absolute Gasteiger partial charge is 0.274 e. The van der Waals surface area contributed by atoms with Gasteiger partial charge in [-0.3, -0.25) is 10.1 Å². The van der Waals surface area contributed by atoms with Crippen molar-refractivity contribution in [3.63, 3.8) is 0 Å². The van der Waals surface area contributed by atoms with E-state index < -0.39 is 0 Å². The van der Waals surface area contributed by atoms with Crippen LogP contribution in [0.4, 0.5) is 5.95 Å². The van der Waals surface area contributed by atoms with Crippen LogP contribution < -0.4 is 5.32 Å². The standard InChI is InChI=1S/C14H14ClN5O2/c1-22-5-4-20-11-3-2-10(15)6-9(11)7-12(20)13(21)18-14-16-8-17-19-14/h2-3,6-8H,4-5H2,1H3,(H2,16,17,18,19,21). The molecule has 1 aromatic carbocycles. The maximum Gasteiger partial charge on any atom is 0.274 e. The molecule has 2 N–H and O–H groups in total. The molecule has 0 aliphatic carbocycles. The molecule has 0 unspecified atom stereocenters. The molecule has 0 aliphatic heterocycles. The van der Waals surface area contributed by atoms with Gasteiger partial charge in [-0.15, -0.1) is 0 Å². The zero-order chi connectivity index (χ0) is 15.5. The Hall–Kier alpha value is -2.38. The lowest BCUT2D eigenvalue weighted by Gasteiger charge is -2.09. The summed E-state index contributed by atoms with van der Waals surface area (Å²) in [6, 6.07) is 7.30. The van der Waals surface area contributed by atoms with Crippen LogP contribution in [-0.4, -0.2) is 39.4 Å².